The van der Waals surface area contributed by atoms with E-state index in [2.05, 4.69) is 0 Å². The third-order valence-corrected chi connectivity index (χ3v) is 4.26. The van der Waals surface area contributed by atoms with Gasteiger partial charge in [-0.1, -0.05) is 66.8 Å². The highest BCUT2D eigenvalue weighted by molar-refractivity contribution is 5.82. The van der Waals surface area contributed by atoms with Crippen molar-refractivity contribution in [2.75, 3.05) is 0 Å². The molecule has 0 bridgehead atoms. The molecule has 5 atom stereocenters. The number of carbonyl (C=O) groups is 1. The molecule has 6 heteroatoms. The SMILES string of the molecule is C[C@H](O)C[C@H]1C[C@@H](O)\C=C/C=C\C=C/C[C@@H](O)C[C@H](O)C\C=C/C=C\C=C/C(=O)O1. The van der Waals surface area contributed by atoms with Crippen LogP contribution in [0.25, 0.3) is 0 Å². The number of carbonyl (C=O) groups excluding carboxylic acids is 1. The zero-order chi connectivity index (χ0) is 22.2. The van der Waals surface area contributed by atoms with Gasteiger partial charge in [-0.25, -0.2) is 4.79 Å². The second kappa shape index (κ2) is 15.6. The number of cyclic esters (lactones) is 1. The normalized spacial score (nSPS) is 34.9. The first-order chi connectivity index (χ1) is 14.4. The minimum Gasteiger partial charge on any atom is -0.459 e. The standard InChI is InChI=1S/C24H34O6/c1-19(25)16-23-18-22(28)14-10-5-2-4-8-12-20(26)17-21(27)13-9-6-3-7-11-15-24(29)30-23/h2-11,14-15,19-23,25-28H,12-13,16-18H2,1H3/b5-2-,7-3-,8-4-,9-6-,14-10-,15-11-/t19-,20+,21+,22-,23-/m0/s1. The number of hydrogen-bond acceptors (Lipinski definition) is 6. The Hall–Kier alpha value is -2.25. The summed E-state index contributed by atoms with van der Waals surface area (Å²) in [5.41, 5.74) is 0. The zero-order valence-corrected chi connectivity index (χ0v) is 17.5. The third-order valence-electron chi connectivity index (χ3n) is 4.26. The van der Waals surface area contributed by atoms with E-state index in [1.54, 1.807) is 61.6 Å². The van der Waals surface area contributed by atoms with Crippen LogP contribution in [0.3, 0.4) is 0 Å². The van der Waals surface area contributed by atoms with Crippen molar-refractivity contribution in [1.29, 1.82) is 0 Å². The molecule has 0 spiro atoms. The predicted molar refractivity (Wildman–Crippen MR) is 118 cm³/mol. The molecule has 0 radical (unpaired) electrons. The Labute approximate surface area is 178 Å². The van der Waals surface area contributed by atoms with Gasteiger partial charge in [0.2, 0.25) is 0 Å². The largest absolute Gasteiger partial charge is 0.459 e. The van der Waals surface area contributed by atoms with Crippen molar-refractivity contribution in [1.82, 2.24) is 0 Å². The third kappa shape index (κ3) is 13.8. The monoisotopic (exact) mass is 418 g/mol. The molecule has 6 nitrogen and oxygen atoms in total. The Morgan fingerprint density at radius 1 is 0.900 bits per heavy atom. The van der Waals surface area contributed by atoms with Gasteiger partial charge >= 0.3 is 5.97 Å². The maximum absolute atomic E-state index is 12.0. The lowest BCUT2D eigenvalue weighted by molar-refractivity contribution is -0.145. The molecule has 166 valence electrons. The lowest BCUT2D eigenvalue weighted by Gasteiger charge is -2.20. The van der Waals surface area contributed by atoms with Crippen LogP contribution in [0.1, 0.15) is 39.0 Å². The summed E-state index contributed by atoms with van der Waals surface area (Å²) in [6.07, 6.45) is 18.3. The molecule has 30 heavy (non-hydrogen) atoms. The molecule has 1 aliphatic heterocycles. The minimum atomic E-state index is -0.828. The first kappa shape index (κ1) is 25.8. The van der Waals surface area contributed by atoms with Crippen molar-refractivity contribution >= 4 is 5.97 Å². The Morgan fingerprint density at radius 3 is 2.07 bits per heavy atom. The van der Waals surface area contributed by atoms with Crippen molar-refractivity contribution in [2.24, 2.45) is 0 Å². The molecule has 0 aromatic carbocycles. The molecule has 0 aromatic heterocycles. The van der Waals surface area contributed by atoms with Crippen molar-refractivity contribution in [3.63, 3.8) is 0 Å². The predicted octanol–water partition coefficient (Wildman–Crippen LogP) is 2.66. The van der Waals surface area contributed by atoms with Crippen molar-refractivity contribution in [3.05, 3.63) is 72.9 Å². The Morgan fingerprint density at radius 2 is 1.47 bits per heavy atom. The van der Waals surface area contributed by atoms with Crippen LogP contribution in [0.15, 0.2) is 72.9 Å². The van der Waals surface area contributed by atoms with E-state index in [9.17, 15) is 25.2 Å². The van der Waals surface area contributed by atoms with Gasteiger partial charge in [-0.05, 0) is 26.2 Å². The van der Waals surface area contributed by atoms with Crippen LogP contribution >= 0.6 is 0 Å². The highest BCUT2D eigenvalue weighted by atomic mass is 16.5. The van der Waals surface area contributed by atoms with E-state index >= 15 is 0 Å². The average molecular weight is 419 g/mol. The van der Waals surface area contributed by atoms with E-state index in [-0.39, 0.29) is 19.3 Å². The molecule has 0 saturated heterocycles. The highest BCUT2D eigenvalue weighted by Crippen LogP contribution is 2.12. The zero-order valence-electron chi connectivity index (χ0n) is 17.5. The summed E-state index contributed by atoms with van der Waals surface area (Å²) in [6, 6.07) is 0. The number of hydrogen-bond donors (Lipinski definition) is 4. The van der Waals surface area contributed by atoms with Gasteiger partial charge in [-0.15, -0.1) is 0 Å². The van der Waals surface area contributed by atoms with Gasteiger partial charge in [0.15, 0.2) is 0 Å². The molecule has 1 heterocycles. The lowest BCUT2D eigenvalue weighted by Crippen LogP contribution is -2.26. The summed E-state index contributed by atoms with van der Waals surface area (Å²) in [4.78, 5) is 12.0. The van der Waals surface area contributed by atoms with Gasteiger partial charge in [-0.2, -0.15) is 0 Å². The van der Waals surface area contributed by atoms with Crippen molar-refractivity contribution < 1.29 is 30.0 Å². The number of esters is 1. The Balaban J connectivity index is 2.84. The van der Waals surface area contributed by atoms with Crippen LogP contribution in [0.2, 0.25) is 0 Å². The number of aliphatic hydroxyl groups excluding tert-OH is 4. The van der Waals surface area contributed by atoms with E-state index < -0.39 is 36.5 Å². The van der Waals surface area contributed by atoms with Crippen LogP contribution in [0, 0.1) is 0 Å². The van der Waals surface area contributed by atoms with Gasteiger partial charge in [0, 0.05) is 18.9 Å². The minimum absolute atomic E-state index is 0.178. The number of ether oxygens (including phenoxy) is 1. The molecule has 1 rings (SSSR count). The molecule has 0 fully saturated rings. The van der Waals surface area contributed by atoms with Crippen molar-refractivity contribution in [2.45, 2.75) is 69.5 Å². The van der Waals surface area contributed by atoms with Gasteiger partial charge in [0.1, 0.15) is 6.10 Å². The molecular weight excluding hydrogens is 384 g/mol. The fourth-order valence-electron chi connectivity index (χ4n) is 2.84. The lowest BCUT2D eigenvalue weighted by atomic mass is 10.1. The molecule has 0 saturated carbocycles. The quantitative estimate of drug-likeness (QED) is 0.514. The smallest absolute Gasteiger partial charge is 0.331 e. The summed E-state index contributed by atoms with van der Waals surface area (Å²) in [6.45, 7) is 1.60. The maximum Gasteiger partial charge on any atom is 0.331 e. The van der Waals surface area contributed by atoms with E-state index in [0.29, 0.717) is 12.8 Å². The van der Waals surface area contributed by atoms with Gasteiger partial charge in [0.25, 0.3) is 0 Å². The van der Waals surface area contributed by atoms with Gasteiger partial charge in [0.05, 0.1) is 24.4 Å². The fraction of sp³-hybridized carbons (Fsp3) is 0.458. The number of aliphatic hydroxyl groups is 4. The number of rotatable bonds is 2. The first-order valence-corrected chi connectivity index (χ1v) is 10.3. The van der Waals surface area contributed by atoms with Gasteiger partial charge < -0.3 is 25.2 Å². The Kier molecular flexibility index (Phi) is 13.4. The number of allylic oxidation sites excluding steroid dienone is 8. The topological polar surface area (TPSA) is 107 Å². The first-order valence-electron chi connectivity index (χ1n) is 10.3. The van der Waals surface area contributed by atoms with Crippen LogP contribution in [-0.2, 0) is 9.53 Å². The molecule has 4 N–H and O–H groups in total. The van der Waals surface area contributed by atoms with E-state index in [0.717, 1.165) is 0 Å². The van der Waals surface area contributed by atoms with Crippen LogP contribution < -0.4 is 0 Å². The molecular formula is C24H34O6. The second-order valence-electron chi connectivity index (χ2n) is 7.33. The summed E-state index contributed by atoms with van der Waals surface area (Å²) in [5, 5.41) is 39.7. The second-order valence-corrected chi connectivity index (χ2v) is 7.33. The van der Waals surface area contributed by atoms with E-state index in [1.165, 1.54) is 12.2 Å². The molecule has 1 aliphatic rings. The van der Waals surface area contributed by atoms with Crippen LogP contribution in [-0.4, -0.2) is 56.9 Å². The van der Waals surface area contributed by atoms with Crippen LogP contribution in [0.4, 0.5) is 0 Å². The Bertz CT molecular complexity index is 657. The van der Waals surface area contributed by atoms with Crippen LogP contribution in [0.5, 0.6) is 0 Å². The molecule has 0 amide bonds. The summed E-state index contributed by atoms with van der Waals surface area (Å²) in [5.74, 6) is -0.554. The average Bonchev–Trinajstić information content (AvgIpc) is 2.65. The maximum atomic E-state index is 12.0. The summed E-state index contributed by atoms with van der Waals surface area (Å²) >= 11 is 0. The highest BCUT2D eigenvalue weighted by Gasteiger charge is 2.18. The summed E-state index contributed by atoms with van der Waals surface area (Å²) < 4.78 is 5.35. The van der Waals surface area contributed by atoms with E-state index in [1.807, 2.05) is 6.08 Å². The molecule has 0 aromatic rings. The van der Waals surface area contributed by atoms with Gasteiger partial charge in [-0.3, -0.25) is 0 Å². The van der Waals surface area contributed by atoms with Crippen molar-refractivity contribution in [3.8, 4) is 0 Å². The fourth-order valence-corrected chi connectivity index (χ4v) is 2.84. The molecule has 0 unspecified atom stereocenters. The summed E-state index contributed by atoms with van der Waals surface area (Å²) in [7, 11) is 0. The molecule has 0 aliphatic carbocycles. The van der Waals surface area contributed by atoms with E-state index in [4.69, 9.17) is 4.74 Å².